The molecule has 2 amide bonds. The first-order valence-corrected chi connectivity index (χ1v) is 11.9. The fraction of sp³-hybridized carbons (Fsp3) is 0.500. The zero-order chi connectivity index (χ0) is 23.1. The molecule has 33 heavy (non-hydrogen) atoms. The van der Waals surface area contributed by atoms with Gasteiger partial charge < -0.3 is 25.8 Å². The van der Waals surface area contributed by atoms with Crippen molar-refractivity contribution in [2.24, 2.45) is 0 Å². The Morgan fingerprint density at radius 3 is 2.79 bits per heavy atom. The Labute approximate surface area is 201 Å². The molecule has 0 bridgehead atoms. The van der Waals surface area contributed by atoms with Crippen LogP contribution in [0.2, 0.25) is 10.0 Å². The summed E-state index contributed by atoms with van der Waals surface area (Å²) in [6, 6.07) is 3.49. The highest BCUT2D eigenvalue weighted by molar-refractivity contribution is 6.37. The molecule has 5 rings (SSSR count). The molecule has 9 nitrogen and oxygen atoms in total. The smallest absolute Gasteiger partial charge is 0.318 e. The second-order valence-electron chi connectivity index (χ2n) is 8.79. The second-order valence-corrected chi connectivity index (χ2v) is 9.63. The summed E-state index contributed by atoms with van der Waals surface area (Å²) in [6.45, 7) is 3.25. The third-order valence-corrected chi connectivity index (χ3v) is 6.68. The number of amides is 2. The lowest BCUT2D eigenvalue weighted by Crippen LogP contribution is -2.37. The molecule has 4 N–H and O–H groups in total. The normalized spacial score (nSPS) is 20.2. The number of hydrogen-bond donors (Lipinski definition) is 3. The number of carbonyl (C=O) groups excluding carboxylic acids is 1. The standard InChI is InChI=1S/C22H26Cl2N6O3/c23-12-7-16(24)19(18(8-12)33-6-5-29-4-3-14(31)9-29)20-15-10-30(22(32)26-13-1-2-13)11-17(15)27-21(25)28-20/h7-8,13-14,31H,1-6,9-11H2,(H,26,32)(H2,25,27,28). The van der Waals surface area contributed by atoms with E-state index in [4.69, 9.17) is 33.7 Å². The van der Waals surface area contributed by atoms with E-state index in [9.17, 15) is 9.90 Å². The number of anilines is 1. The molecule has 3 heterocycles. The highest BCUT2D eigenvalue weighted by Gasteiger charge is 2.33. The van der Waals surface area contributed by atoms with E-state index in [0.717, 1.165) is 31.4 Å². The Morgan fingerprint density at radius 2 is 2.06 bits per heavy atom. The van der Waals surface area contributed by atoms with Crippen molar-refractivity contribution in [1.82, 2.24) is 25.1 Å². The maximum atomic E-state index is 12.6. The van der Waals surface area contributed by atoms with E-state index >= 15 is 0 Å². The number of carbonyl (C=O) groups is 1. The van der Waals surface area contributed by atoms with E-state index in [1.165, 1.54) is 0 Å². The average molecular weight is 493 g/mol. The van der Waals surface area contributed by atoms with Gasteiger partial charge in [0.15, 0.2) is 0 Å². The lowest BCUT2D eigenvalue weighted by Gasteiger charge is -2.19. The number of aliphatic hydroxyl groups excluding tert-OH is 1. The number of urea groups is 1. The summed E-state index contributed by atoms with van der Waals surface area (Å²) in [5.74, 6) is 0.602. The van der Waals surface area contributed by atoms with Gasteiger partial charge in [0, 0.05) is 36.3 Å². The first-order chi connectivity index (χ1) is 15.9. The van der Waals surface area contributed by atoms with E-state index in [1.54, 1.807) is 17.0 Å². The number of aromatic nitrogens is 2. The molecule has 11 heteroatoms. The van der Waals surface area contributed by atoms with Crippen LogP contribution in [0.5, 0.6) is 5.75 Å². The number of rotatable bonds is 6. The molecule has 1 saturated carbocycles. The summed E-state index contributed by atoms with van der Waals surface area (Å²) >= 11 is 12.9. The number of halogens is 2. The molecule has 0 radical (unpaired) electrons. The van der Waals surface area contributed by atoms with Crippen molar-refractivity contribution in [3.63, 3.8) is 0 Å². The highest BCUT2D eigenvalue weighted by atomic mass is 35.5. The van der Waals surface area contributed by atoms with Gasteiger partial charge in [0.1, 0.15) is 12.4 Å². The van der Waals surface area contributed by atoms with Crippen LogP contribution in [0.15, 0.2) is 12.1 Å². The number of benzene rings is 1. The summed E-state index contributed by atoms with van der Waals surface area (Å²) in [5.41, 5.74) is 8.65. The molecule has 1 aromatic heterocycles. The second kappa shape index (κ2) is 9.13. The average Bonchev–Trinajstić information content (AvgIpc) is 3.29. The molecule has 2 aliphatic heterocycles. The number of likely N-dealkylation sites (tertiary alicyclic amines) is 1. The maximum Gasteiger partial charge on any atom is 0.318 e. The van der Waals surface area contributed by atoms with Gasteiger partial charge in [-0.05, 0) is 31.4 Å². The van der Waals surface area contributed by atoms with Crippen LogP contribution in [0.4, 0.5) is 10.7 Å². The number of nitrogens with two attached hydrogens (primary N) is 1. The van der Waals surface area contributed by atoms with Crippen molar-refractivity contribution in [3.8, 4) is 17.0 Å². The quantitative estimate of drug-likeness (QED) is 0.567. The van der Waals surface area contributed by atoms with Crippen molar-refractivity contribution >= 4 is 35.2 Å². The van der Waals surface area contributed by atoms with Gasteiger partial charge in [0.2, 0.25) is 5.95 Å². The van der Waals surface area contributed by atoms with Crippen molar-refractivity contribution in [2.75, 3.05) is 32.0 Å². The van der Waals surface area contributed by atoms with Crippen LogP contribution in [0.25, 0.3) is 11.3 Å². The highest BCUT2D eigenvalue weighted by Crippen LogP contribution is 2.42. The summed E-state index contributed by atoms with van der Waals surface area (Å²) in [7, 11) is 0. The first kappa shape index (κ1) is 22.5. The van der Waals surface area contributed by atoms with Crippen LogP contribution in [0.3, 0.4) is 0 Å². The topological polar surface area (TPSA) is 117 Å². The fourth-order valence-corrected chi connectivity index (χ4v) is 4.88. The summed E-state index contributed by atoms with van der Waals surface area (Å²) < 4.78 is 6.10. The molecule has 1 aromatic carbocycles. The summed E-state index contributed by atoms with van der Waals surface area (Å²) in [6.07, 6.45) is 2.52. The Hall–Kier alpha value is -2.33. The lowest BCUT2D eigenvalue weighted by molar-refractivity contribution is 0.167. The molecule has 1 unspecified atom stereocenters. The SMILES string of the molecule is Nc1nc2c(c(-c3c(Cl)cc(Cl)cc3OCCN3CCC(O)C3)n1)CN(C(=O)NC1CC1)C2. The number of ether oxygens (including phenoxy) is 1. The van der Waals surface area contributed by atoms with Gasteiger partial charge in [-0.3, -0.25) is 4.90 Å². The predicted octanol–water partition coefficient (Wildman–Crippen LogP) is 2.67. The van der Waals surface area contributed by atoms with E-state index in [0.29, 0.717) is 65.5 Å². The zero-order valence-corrected chi connectivity index (χ0v) is 19.6. The Morgan fingerprint density at radius 1 is 1.24 bits per heavy atom. The van der Waals surface area contributed by atoms with Gasteiger partial charge in [0.25, 0.3) is 0 Å². The molecule has 2 aromatic rings. The van der Waals surface area contributed by atoms with Crippen LogP contribution in [0, 0.1) is 0 Å². The van der Waals surface area contributed by atoms with Crippen LogP contribution >= 0.6 is 23.2 Å². The van der Waals surface area contributed by atoms with Crippen LogP contribution in [-0.4, -0.2) is 69.3 Å². The van der Waals surface area contributed by atoms with Crippen LogP contribution < -0.4 is 15.8 Å². The van der Waals surface area contributed by atoms with Crippen molar-refractivity contribution in [2.45, 2.75) is 44.5 Å². The molecule has 1 aliphatic carbocycles. The minimum absolute atomic E-state index is 0.108. The lowest BCUT2D eigenvalue weighted by atomic mass is 10.0. The number of hydrogen-bond acceptors (Lipinski definition) is 7. The number of nitrogen functional groups attached to an aromatic ring is 1. The van der Waals surface area contributed by atoms with E-state index in [1.807, 2.05) is 0 Å². The Balaban J connectivity index is 1.41. The molecular formula is C22H26Cl2N6O3. The molecule has 0 spiro atoms. The van der Waals surface area contributed by atoms with Gasteiger partial charge in [-0.1, -0.05) is 23.2 Å². The van der Waals surface area contributed by atoms with E-state index in [-0.39, 0.29) is 24.1 Å². The number of aliphatic hydroxyl groups is 1. The molecule has 3 aliphatic rings. The third-order valence-electron chi connectivity index (χ3n) is 6.16. The molecule has 1 saturated heterocycles. The third kappa shape index (κ3) is 4.96. The summed E-state index contributed by atoms with van der Waals surface area (Å²) in [4.78, 5) is 25.3. The van der Waals surface area contributed by atoms with Gasteiger partial charge in [-0.2, -0.15) is 0 Å². The van der Waals surface area contributed by atoms with Gasteiger partial charge in [-0.25, -0.2) is 14.8 Å². The predicted molar refractivity (Wildman–Crippen MR) is 125 cm³/mol. The largest absolute Gasteiger partial charge is 0.491 e. The Bertz CT molecular complexity index is 1080. The number of nitrogens with zero attached hydrogens (tertiary/aromatic N) is 4. The molecule has 1 atom stereocenters. The monoisotopic (exact) mass is 492 g/mol. The molecule has 176 valence electrons. The van der Waals surface area contributed by atoms with Gasteiger partial charge >= 0.3 is 6.03 Å². The van der Waals surface area contributed by atoms with Crippen molar-refractivity contribution in [3.05, 3.63) is 33.4 Å². The summed E-state index contributed by atoms with van der Waals surface area (Å²) in [5, 5.41) is 13.6. The number of fused-ring (bicyclic) bond motifs is 1. The Kier molecular flexibility index (Phi) is 6.22. The maximum absolute atomic E-state index is 12.6. The number of β-amino-alcohol motifs (C(OH)–C–C–N with tert-alkyl or cyclic N) is 1. The van der Waals surface area contributed by atoms with Crippen LogP contribution in [0.1, 0.15) is 30.5 Å². The van der Waals surface area contributed by atoms with Crippen LogP contribution in [-0.2, 0) is 13.1 Å². The fourth-order valence-electron chi connectivity index (χ4n) is 4.31. The van der Waals surface area contributed by atoms with E-state index in [2.05, 4.69) is 20.2 Å². The molecule has 2 fully saturated rings. The minimum Gasteiger partial charge on any atom is -0.491 e. The first-order valence-electron chi connectivity index (χ1n) is 11.1. The zero-order valence-electron chi connectivity index (χ0n) is 18.1. The van der Waals surface area contributed by atoms with Crippen molar-refractivity contribution in [1.29, 1.82) is 0 Å². The minimum atomic E-state index is -0.284. The van der Waals surface area contributed by atoms with Gasteiger partial charge in [0.05, 0.1) is 41.2 Å². The van der Waals surface area contributed by atoms with E-state index < -0.39 is 0 Å². The number of nitrogens with one attached hydrogen (secondary N) is 1. The molecular weight excluding hydrogens is 467 g/mol. The van der Waals surface area contributed by atoms with Gasteiger partial charge in [-0.15, -0.1) is 0 Å². The van der Waals surface area contributed by atoms with Crippen molar-refractivity contribution < 1.29 is 14.6 Å².